The Bertz CT molecular complexity index is 1290. The third-order valence-electron chi connectivity index (χ3n) is 8.38. The molecular weight excluding hydrogens is 494 g/mol. The lowest BCUT2D eigenvalue weighted by molar-refractivity contribution is -0.182. The molecule has 1 aromatic carbocycles. The molecule has 11 nitrogen and oxygen atoms in total. The van der Waals surface area contributed by atoms with E-state index in [1.54, 1.807) is 38.9 Å². The van der Waals surface area contributed by atoms with Crippen LogP contribution in [0.2, 0.25) is 0 Å². The van der Waals surface area contributed by atoms with Crippen LogP contribution in [-0.2, 0) is 36.9 Å². The smallest absolute Gasteiger partial charge is 0.235 e. The first-order chi connectivity index (χ1) is 17.6. The predicted octanol–water partition coefficient (Wildman–Crippen LogP) is -0.0889. The first-order valence-corrected chi connectivity index (χ1v) is 12.6. The molecule has 204 valence electrons. The number of phenols is 1. The molecule has 11 heteroatoms. The number of primary amides is 1. The van der Waals surface area contributed by atoms with E-state index in [0.717, 1.165) is 0 Å². The van der Waals surface area contributed by atoms with Crippen molar-refractivity contribution in [2.24, 2.45) is 41.2 Å². The number of ketones is 4. The second-order valence-corrected chi connectivity index (χ2v) is 11.2. The zero-order valence-electron chi connectivity index (χ0n) is 22.0. The highest BCUT2D eigenvalue weighted by Crippen LogP contribution is 2.54. The Morgan fingerprint density at radius 3 is 2.34 bits per heavy atom. The summed E-state index contributed by atoms with van der Waals surface area (Å²) in [5.41, 5.74) is 3.91. The van der Waals surface area contributed by atoms with Gasteiger partial charge in [-0.1, -0.05) is 13.8 Å². The van der Waals surface area contributed by atoms with Crippen LogP contribution >= 0.6 is 0 Å². The van der Waals surface area contributed by atoms with Crippen molar-refractivity contribution < 1.29 is 39.0 Å². The largest absolute Gasteiger partial charge is 0.507 e. The summed E-state index contributed by atoms with van der Waals surface area (Å²) in [6, 6.07) is 1.67. The molecule has 0 heterocycles. The van der Waals surface area contributed by atoms with Crippen LogP contribution in [0.4, 0.5) is 5.69 Å². The van der Waals surface area contributed by atoms with Gasteiger partial charge in [0.15, 0.2) is 34.7 Å². The molecule has 0 bridgehead atoms. The standard InChI is InChI=1S/C27H33N3O8/c1-10(2)17-15-7-12-6-14-16(30(4)5)8-13(9-29-11(3)31)21(32)19(14)23(34)18(12)24(35)27(15,38)25(36)20(22(17)33)26(28)37/h8,10,12,15,17-18,20,32,38H,6-7,9H2,1-5H3,(H2,28,37)(H,29,31)/t12-,15-,17-,18?,20?,27-/m0/s1. The summed E-state index contributed by atoms with van der Waals surface area (Å²) in [6.07, 6.45) is 0.198. The summed E-state index contributed by atoms with van der Waals surface area (Å²) < 4.78 is 0. The quantitative estimate of drug-likeness (QED) is 0.380. The minimum atomic E-state index is -2.73. The number of fused-ring (bicyclic) bond motifs is 3. The van der Waals surface area contributed by atoms with Crippen molar-refractivity contribution in [3.05, 3.63) is 22.8 Å². The molecule has 3 aliphatic rings. The second kappa shape index (κ2) is 9.30. The number of anilines is 1. The molecule has 2 amide bonds. The lowest BCUT2D eigenvalue weighted by Gasteiger charge is -2.52. The lowest BCUT2D eigenvalue weighted by atomic mass is 9.49. The molecule has 38 heavy (non-hydrogen) atoms. The summed E-state index contributed by atoms with van der Waals surface area (Å²) in [5.74, 6) is -12.4. The first kappa shape index (κ1) is 27.4. The molecule has 4 rings (SSSR count). The number of nitrogens with one attached hydrogen (secondary N) is 1. The van der Waals surface area contributed by atoms with Crippen molar-refractivity contribution >= 4 is 40.6 Å². The van der Waals surface area contributed by atoms with Crippen LogP contribution in [0, 0.1) is 35.5 Å². The third kappa shape index (κ3) is 3.82. The summed E-state index contributed by atoms with van der Waals surface area (Å²) in [7, 11) is 3.51. The van der Waals surface area contributed by atoms with Gasteiger partial charge in [-0.2, -0.15) is 0 Å². The van der Waals surface area contributed by atoms with Crippen LogP contribution in [0.5, 0.6) is 5.75 Å². The highest BCUT2D eigenvalue weighted by Gasteiger charge is 2.69. The van der Waals surface area contributed by atoms with E-state index in [1.165, 1.54) is 6.92 Å². The van der Waals surface area contributed by atoms with Gasteiger partial charge in [0.05, 0.1) is 11.5 Å². The molecular formula is C27H33N3O8. The van der Waals surface area contributed by atoms with Crippen molar-refractivity contribution in [2.45, 2.75) is 45.8 Å². The summed E-state index contributed by atoms with van der Waals surface area (Å²) >= 11 is 0. The van der Waals surface area contributed by atoms with Crippen molar-refractivity contribution in [3.63, 3.8) is 0 Å². The fourth-order valence-corrected chi connectivity index (χ4v) is 6.71. The number of hydrogen-bond acceptors (Lipinski definition) is 9. The number of aliphatic hydroxyl groups is 1. The van der Waals surface area contributed by atoms with Gasteiger partial charge in [-0.3, -0.25) is 28.8 Å². The molecule has 0 spiro atoms. The SMILES string of the molecule is CC(=O)NCc1cc(N(C)C)c2c(c1O)C(=O)C1C(=O)[C@]3(O)C(=O)C(C(N)=O)C(=O)[C@@H](C(C)C)[C@@H]3C[C@@H]1C2. The number of nitrogens with two attached hydrogens (primary N) is 1. The average molecular weight is 528 g/mol. The number of amides is 2. The van der Waals surface area contributed by atoms with Gasteiger partial charge in [0.1, 0.15) is 5.75 Å². The molecule has 0 radical (unpaired) electrons. The lowest BCUT2D eigenvalue weighted by Crippen LogP contribution is -2.71. The van der Waals surface area contributed by atoms with Crippen LogP contribution in [-0.4, -0.2) is 64.9 Å². The number of carbonyl (C=O) groups excluding carboxylic acids is 6. The highest BCUT2D eigenvalue weighted by molar-refractivity contribution is 6.32. The van der Waals surface area contributed by atoms with Gasteiger partial charge in [0.25, 0.3) is 0 Å². The minimum absolute atomic E-state index is 0.0190. The summed E-state index contributed by atoms with van der Waals surface area (Å²) in [4.78, 5) is 79.7. The van der Waals surface area contributed by atoms with Gasteiger partial charge < -0.3 is 26.2 Å². The van der Waals surface area contributed by atoms with Gasteiger partial charge in [0.2, 0.25) is 11.8 Å². The Kier molecular flexibility index (Phi) is 6.71. The fourth-order valence-electron chi connectivity index (χ4n) is 6.71. The Hall–Kier alpha value is -3.60. The molecule has 0 aliphatic heterocycles. The van der Waals surface area contributed by atoms with E-state index in [-0.39, 0.29) is 42.2 Å². The highest BCUT2D eigenvalue weighted by atomic mass is 16.3. The average Bonchev–Trinajstić information content (AvgIpc) is 2.80. The van der Waals surface area contributed by atoms with Crippen LogP contribution < -0.4 is 16.0 Å². The van der Waals surface area contributed by atoms with E-state index in [4.69, 9.17) is 5.73 Å². The van der Waals surface area contributed by atoms with Crippen molar-refractivity contribution in [3.8, 4) is 5.75 Å². The third-order valence-corrected chi connectivity index (χ3v) is 8.38. The Morgan fingerprint density at radius 1 is 1.18 bits per heavy atom. The van der Waals surface area contributed by atoms with Crippen LogP contribution in [0.25, 0.3) is 0 Å². The van der Waals surface area contributed by atoms with Crippen molar-refractivity contribution in [1.82, 2.24) is 5.32 Å². The number of hydrogen-bond donors (Lipinski definition) is 4. The van der Waals surface area contributed by atoms with E-state index in [9.17, 15) is 39.0 Å². The second-order valence-electron chi connectivity index (χ2n) is 11.2. The van der Waals surface area contributed by atoms with Gasteiger partial charge >= 0.3 is 0 Å². The Morgan fingerprint density at radius 2 is 1.82 bits per heavy atom. The number of Topliss-reactive ketones (excluding diaryl/α,β-unsaturated/α-hetero) is 4. The Balaban J connectivity index is 1.88. The number of rotatable bonds is 5. The number of nitrogens with zero attached hydrogens (tertiary/aromatic N) is 1. The zero-order valence-corrected chi connectivity index (χ0v) is 22.0. The monoisotopic (exact) mass is 527 g/mol. The molecule has 2 saturated carbocycles. The maximum atomic E-state index is 13.9. The minimum Gasteiger partial charge on any atom is -0.507 e. The molecule has 6 atom stereocenters. The molecule has 2 unspecified atom stereocenters. The Labute approximate surface area is 219 Å². The van der Waals surface area contributed by atoms with E-state index in [0.29, 0.717) is 11.3 Å². The predicted molar refractivity (Wildman–Crippen MR) is 134 cm³/mol. The topological polar surface area (TPSA) is 184 Å². The molecule has 2 fully saturated rings. The fraction of sp³-hybridized carbons (Fsp3) is 0.556. The number of aromatic hydroxyl groups is 1. The maximum absolute atomic E-state index is 13.9. The normalized spacial score (nSPS) is 30.4. The van der Waals surface area contributed by atoms with E-state index in [1.807, 2.05) is 0 Å². The van der Waals surface area contributed by atoms with E-state index in [2.05, 4.69) is 5.32 Å². The van der Waals surface area contributed by atoms with Gasteiger partial charge in [-0.05, 0) is 36.3 Å². The number of benzene rings is 1. The summed E-state index contributed by atoms with van der Waals surface area (Å²) in [5, 5.41) is 25.3. The number of carbonyl (C=O) groups is 6. The van der Waals surface area contributed by atoms with E-state index >= 15 is 0 Å². The van der Waals surface area contributed by atoms with Crippen molar-refractivity contribution in [1.29, 1.82) is 0 Å². The zero-order chi connectivity index (χ0) is 28.4. The maximum Gasteiger partial charge on any atom is 0.235 e. The van der Waals surface area contributed by atoms with Crippen molar-refractivity contribution in [2.75, 3.05) is 19.0 Å². The van der Waals surface area contributed by atoms with Gasteiger partial charge in [-0.15, -0.1) is 0 Å². The molecule has 1 aromatic rings. The molecule has 3 aliphatic carbocycles. The molecule has 5 N–H and O–H groups in total. The van der Waals surface area contributed by atoms with Crippen LogP contribution in [0.1, 0.15) is 48.7 Å². The van der Waals surface area contributed by atoms with Crippen LogP contribution in [0.3, 0.4) is 0 Å². The molecule has 0 saturated heterocycles. The van der Waals surface area contributed by atoms with Gasteiger partial charge in [-0.25, -0.2) is 0 Å². The van der Waals surface area contributed by atoms with E-state index < -0.39 is 70.1 Å². The summed E-state index contributed by atoms with van der Waals surface area (Å²) in [6.45, 7) is 4.65. The first-order valence-electron chi connectivity index (χ1n) is 12.6. The number of phenolic OH excluding ortho intramolecular Hbond substituents is 1. The molecule has 0 aromatic heterocycles. The van der Waals surface area contributed by atoms with Crippen LogP contribution in [0.15, 0.2) is 6.07 Å². The van der Waals surface area contributed by atoms with Gasteiger partial charge in [0, 0.05) is 50.7 Å².